The van der Waals surface area contributed by atoms with Gasteiger partial charge in [0, 0.05) is 31.6 Å². The average Bonchev–Trinajstić information content (AvgIpc) is 2.93. The maximum atomic E-state index is 12.1. The Kier molecular flexibility index (Phi) is 3.66. The molecule has 1 atom stereocenters. The van der Waals surface area contributed by atoms with Crippen LogP contribution in [0.15, 0.2) is 18.2 Å². The van der Waals surface area contributed by atoms with Gasteiger partial charge < -0.3 is 20.1 Å². The minimum Gasteiger partial charge on any atom is -0.493 e. The molecule has 0 aromatic heterocycles. The third-order valence-electron chi connectivity index (χ3n) is 3.45. The Morgan fingerprint density at radius 1 is 1.42 bits per heavy atom. The number of hydrogen-bond donors (Lipinski definition) is 2. The number of morpholine rings is 1. The van der Waals surface area contributed by atoms with E-state index in [4.69, 9.17) is 9.47 Å². The summed E-state index contributed by atoms with van der Waals surface area (Å²) in [7, 11) is 0. The van der Waals surface area contributed by atoms with Crippen molar-refractivity contribution in [3.05, 3.63) is 29.3 Å². The summed E-state index contributed by atoms with van der Waals surface area (Å²) < 4.78 is 11.0. The Morgan fingerprint density at radius 3 is 3.21 bits per heavy atom. The molecule has 2 aliphatic rings. The zero-order valence-corrected chi connectivity index (χ0v) is 10.8. The van der Waals surface area contributed by atoms with E-state index in [1.165, 1.54) is 0 Å². The molecular weight excluding hydrogens is 244 g/mol. The van der Waals surface area contributed by atoms with Gasteiger partial charge in [0.2, 0.25) is 0 Å². The first-order valence-corrected chi connectivity index (χ1v) is 6.69. The highest BCUT2D eigenvalue weighted by atomic mass is 16.5. The van der Waals surface area contributed by atoms with Crippen molar-refractivity contribution in [2.75, 3.05) is 32.8 Å². The van der Waals surface area contributed by atoms with Gasteiger partial charge in [-0.05, 0) is 23.8 Å². The van der Waals surface area contributed by atoms with Gasteiger partial charge in [-0.1, -0.05) is 0 Å². The molecule has 1 saturated heterocycles. The molecule has 2 aliphatic heterocycles. The fourth-order valence-electron chi connectivity index (χ4n) is 2.39. The predicted molar refractivity (Wildman–Crippen MR) is 70.6 cm³/mol. The first kappa shape index (κ1) is 12.4. The molecule has 1 fully saturated rings. The molecule has 5 heteroatoms. The fourth-order valence-corrected chi connectivity index (χ4v) is 2.39. The van der Waals surface area contributed by atoms with Crippen LogP contribution in [0.1, 0.15) is 15.9 Å². The van der Waals surface area contributed by atoms with Crippen molar-refractivity contribution >= 4 is 5.91 Å². The van der Waals surface area contributed by atoms with E-state index in [2.05, 4.69) is 10.6 Å². The standard InChI is InChI=1S/C14H18N2O3/c17-14(16-9-12-8-15-4-6-18-12)11-1-2-13-10(7-11)3-5-19-13/h1-2,7,12,15H,3-6,8-9H2,(H,16,17). The maximum absolute atomic E-state index is 12.1. The summed E-state index contributed by atoms with van der Waals surface area (Å²) in [5.41, 5.74) is 1.80. The van der Waals surface area contributed by atoms with Crippen molar-refractivity contribution in [1.29, 1.82) is 0 Å². The SMILES string of the molecule is O=C(NCC1CNCCO1)c1ccc2c(c1)CCO2. The topological polar surface area (TPSA) is 59.6 Å². The Balaban J connectivity index is 1.57. The van der Waals surface area contributed by atoms with Crippen LogP contribution in [0.3, 0.4) is 0 Å². The zero-order chi connectivity index (χ0) is 13.1. The summed E-state index contributed by atoms with van der Waals surface area (Å²) in [5.74, 6) is 0.847. The van der Waals surface area contributed by atoms with E-state index in [0.717, 1.165) is 30.8 Å². The van der Waals surface area contributed by atoms with Gasteiger partial charge in [-0.2, -0.15) is 0 Å². The number of amides is 1. The van der Waals surface area contributed by atoms with E-state index >= 15 is 0 Å². The second kappa shape index (κ2) is 5.59. The fraction of sp³-hybridized carbons (Fsp3) is 0.500. The molecule has 19 heavy (non-hydrogen) atoms. The quantitative estimate of drug-likeness (QED) is 0.824. The van der Waals surface area contributed by atoms with E-state index < -0.39 is 0 Å². The third kappa shape index (κ3) is 2.88. The third-order valence-corrected chi connectivity index (χ3v) is 3.45. The van der Waals surface area contributed by atoms with Gasteiger partial charge in [-0.25, -0.2) is 0 Å². The van der Waals surface area contributed by atoms with Crippen molar-refractivity contribution in [3.63, 3.8) is 0 Å². The van der Waals surface area contributed by atoms with Crippen LogP contribution in [-0.2, 0) is 11.2 Å². The number of nitrogens with one attached hydrogen (secondary N) is 2. The number of hydrogen-bond acceptors (Lipinski definition) is 4. The lowest BCUT2D eigenvalue weighted by molar-refractivity contribution is 0.0287. The maximum Gasteiger partial charge on any atom is 0.251 e. The molecule has 2 N–H and O–H groups in total. The molecule has 1 aromatic rings. The minimum absolute atomic E-state index is 0.0520. The highest BCUT2D eigenvalue weighted by Crippen LogP contribution is 2.25. The van der Waals surface area contributed by atoms with Crippen LogP contribution < -0.4 is 15.4 Å². The van der Waals surface area contributed by atoms with Gasteiger partial charge in [-0.15, -0.1) is 0 Å². The van der Waals surface area contributed by atoms with Crippen LogP contribution in [0.2, 0.25) is 0 Å². The van der Waals surface area contributed by atoms with Crippen LogP contribution in [0, 0.1) is 0 Å². The molecule has 1 aromatic carbocycles. The molecule has 5 nitrogen and oxygen atoms in total. The highest BCUT2D eigenvalue weighted by Gasteiger charge is 2.17. The summed E-state index contributed by atoms with van der Waals surface area (Å²) in [6, 6.07) is 5.59. The van der Waals surface area contributed by atoms with Crippen molar-refractivity contribution in [3.8, 4) is 5.75 Å². The molecule has 1 unspecified atom stereocenters. The predicted octanol–water partition coefficient (Wildman–Crippen LogP) is 0.340. The summed E-state index contributed by atoms with van der Waals surface area (Å²) in [6.45, 7) is 3.63. The van der Waals surface area contributed by atoms with Gasteiger partial charge >= 0.3 is 0 Å². The first-order chi connectivity index (χ1) is 9.33. The number of fused-ring (bicyclic) bond motifs is 1. The van der Waals surface area contributed by atoms with Gasteiger partial charge in [0.05, 0.1) is 19.3 Å². The molecule has 0 bridgehead atoms. The van der Waals surface area contributed by atoms with Gasteiger partial charge in [-0.3, -0.25) is 4.79 Å². The first-order valence-electron chi connectivity index (χ1n) is 6.69. The van der Waals surface area contributed by atoms with E-state index in [1.54, 1.807) is 6.07 Å². The second-order valence-electron chi connectivity index (χ2n) is 4.83. The molecule has 2 heterocycles. The Hall–Kier alpha value is -1.59. The lowest BCUT2D eigenvalue weighted by Crippen LogP contribution is -2.45. The van der Waals surface area contributed by atoms with E-state index in [-0.39, 0.29) is 12.0 Å². The van der Waals surface area contributed by atoms with Crippen LogP contribution in [-0.4, -0.2) is 44.9 Å². The van der Waals surface area contributed by atoms with Crippen LogP contribution >= 0.6 is 0 Å². The van der Waals surface area contributed by atoms with E-state index in [1.807, 2.05) is 12.1 Å². The molecule has 0 radical (unpaired) electrons. The number of ether oxygens (including phenoxy) is 2. The monoisotopic (exact) mass is 262 g/mol. The van der Waals surface area contributed by atoms with Crippen molar-refractivity contribution in [2.24, 2.45) is 0 Å². The van der Waals surface area contributed by atoms with Gasteiger partial charge in [0.1, 0.15) is 5.75 Å². The molecule has 3 rings (SSSR count). The summed E-state index contributed by atoms with van der Waals surface area (Å²) in [4.78, 5) is 12.1. The Labute approximate surface area is 112 Å². The molecular formula is C14H18N2O3. The van der Waals surface area contributed by atoms with Gasteiger partial charge in [0.15, 0.2) is 0 Å². The van der Waals surface area contributed by atoms with Gasteiger partial charge in [0.25, 0.3) is 5.91 Å². The second-order valence-corrected chi connectivity index (χ2v) is 4.83. The Bertz CT molecular complexity index is 470. The summed E-state index contributed by atoms with van der Waals surface area (Å²) in [6.07, 6.45) is 0.946. The molecule has 102 valence electrons. The molecule has 0 saturated carbocycles. The highest BCUT2D eigenvalue weighted by molar-refractivity contribution is 5.94. The summed E-state index contributed by atoms with van der Waals surface area (Å²) >= 11 is 0. The molecule has 0 aliphatic carbocycles. The van der Waals surface area contributed by atoms with E-state index in [9.17, 15) is 4.79 Å². The molecule has 1 amide bonds. The van der Waals surface area contributed by atoms with Crippen LogP contribution in [0.25, 0.3) is 0 Å². The smallest absolute Gasteiger partial charge is 0.251 e. The molecule has 0 spiro atoms. The van der Waals surface area contributed by atoms with Crippen molar-refractivity contribution < 1.29 is 14.3 Å². The Morgan fingerprint density at radius 2 is 2.37 bits per heavy atom. The van der Waals surface area contributed by atoms with Crippen molar-refractivity contribution in [2.45, 2.75) is 12.5 Å². The van der Waals surface area contributed by atoms with Crippen LogP contribution in [0.5, 0.6) is 5.75 Å². The van der Waals surface area contributed by atoms with Crippen molar-refractivity contribution in [1.82, 2.24) is 10.6 Å². The number of benzene rings is 1. The normalized spacial score (nSPS) is 21.6. The number of carbonyl (C=O) groups excluding carboxylic acids is 1. The zero-order valence-electron chi connectivity index (χ0n) is 10.8. The number of carbonyl (C=O) groups is 1. The minimum atomic E-state index is -0.0520. The number of rotatable bonds is 3. The lowest BCUT2D eigenvalue weighted by atomic mass is 10.1. The van der Waals surface area contributed by atoms with Crippen LogP contribution in [0.4, 0.5) is 0 Å². The lowest BCUT2D eigenvalue weighted by Gasteiger charge is -2.23. The van der Waals surface area contributed by atoms with E-state index in [0.29, 0.717) is 25.3 Å². The largest absolute Gasteiger partial charge is 0.493 e. The average molecular weight is 262 g/mol. The summed E-state index contributed by atoms with van der Waals surface area (Å²) in [5, 5.41) is 6.15.